The van der Waals surface area contributed by atoms with E-state index in [-0.39, 0.29) is 24.4 Å². The lowest BCUT2D eigenvalue weighted by Gasteiger charge is -2.30. The number of hydrogen-bond acceptors (Lipinski definition) is 8. The third-order valence-electron chi connectivity index (χ3n) is 9.19. The number of nitrogens with one attached hydrogen (secondary N) is 4. The average Bonchev–Trinajstić information content (AvgIpc) is 3.90. The van der Waals surface area contributed by atoms with Crippen LogP contribution in [-0.4, -0.2) is 87.7 Å². The predicted octanol–water partition coefficient (Wildman–Crippen LogP) is 5.51. The van der Waals surface area contributed by atoms with Crippen LogP contribution in [0.4, 0.5) is 14.4 Å². The van der Waals surface area contributed by atoms with Gasteiger partial charge in [-0.25, -0.2) is 19.4 Å². The molecule has 1 aromatic heterocycles. The number of benzene rings is 2. The quantitative estimate of drug-likeness (QED) is 0.224. The number of aromatic nitrogens is 2. The summed E-state index contributed by atoms with van der Waals surface area (Å²) in [7, 11) is 1.28. The highest BCUT2D eigenvalue weighted by atomic mass is 16.6. The van der Waals surface area contributed by atoms with Crippen LogP contribution in [0.2, 0.25) is 0 Å². The molecule has 3 atom stereocenters. The molecule has 0 saturated carbocycles. The minimum absolute atomic E-state index is 0.113. The summed E-state index contributed by atoms with van der Waals surface area (Å²) in [6, 6.07) is 13.5. The van der Waals surface area contributed by atoms with Crippen molar-refractivity contribution in [3.8, 4) is 22.4 Å². The highest BCUT2D eigenvalue weighted by molar-refractivity contribution is 5.98. The number of hydrogen-bond donors (Lipinski definition) is 4. The largest absolute Gasteiger partial charge is 0.453 e. The molecular formula is C38H49N7O7. The third kappa shape index (κ3) is 9.28. The van der Waals surface area contributed by atoms with Gasteiger partial charge in [0.2, 0.25) is 5.91 Å². The minimum Gasteiger partial charge on any atom is -0.453 e. The van der Waals surface area contributed by atoms with Gasteiger partial charge in [0, 0.05) is 19.6 Å². The fraction of sp³-hybridized carbons (Fsp3) is 0.474. The van der Waals surface area contributed by atoms with Crippen LogP contribution in [0.1, 0.15) is 77.7 Å². The molecule has 6 amide bonds. The van der Waals surface area contributed by atoms with Crippen molar-refractivity contribution in [2.24, 2.45) is 5.92 Å². The van der Waals surface area contributed by atoms with E-state index in [2.05, 4.69) is 25.9 Å². The summed E-state index contributed by atoms with van der Waals surface area (Å²) in [4.78, 5) is 74.4. The fourth-order valence-electron chi connectivity index (χ4n) is 6.50. The second-order valence-electron chi connectivity index (χ2n) is 14.5. The van der Waals surface area contributed by atoms with Gasteiger partial charge < -0.3 is 30.0 Å². The predicted molar refractivity (Wildman–Crippen MR) is 194 cm³/mol. The summed E-state index contributed by atoms with van der Waals surface area (Å²) in [6.45, 7) is 10.3. The molecule has 3 aromatic rings. The second kappa shape index (κ2) is 16.3. The Morgan fingerprint density at radius 2 is 1.52 bits per heavy atom. The molecule has 3 heterocycles. The zero-order valence-corrected chi connectivity index (χ0v) is 30.7. The van der Waals surface area contributed by atoms with Crippen LogP contribution in [0.15, 0.2) is 54.7 Å². The van der Waals surface area contributed by atoms with Gasteiger partial charge in [-0.05, 0) is 74.6 Å². The number of amides is 6. The molecule has 278 valence electrons. The number of urea groups is 1. The first kappa shape index (κ1) is 37.8. The van der Waals surface area contributed by atoms with E-state index in [1.807, 2.05) is 62.4 Å². The molecule has 0 spiro atoms. The number of carbonyl (C=O) groups is 5. The molecule has 2 fully saturated rings. The Kier molecular flexibility index (Phi) is 11.9. The number of nitrogens with zero attached hydrogens (tertiary/aromatic N) is 3. The van der Waals surface area contributed by atoms with E-state index in [0.29, 0.717) is 31.8 Å². The van der Waals surface area contributed by atoms with Crippen LogP contribution < -0.4 is 16.0 Å². The Labute approximate surface area is 304 Å². The monoisotopic (exact) mass is 715 g/mol. The summed E-state index contributed by atoms with van der Waals surface area (Å²) in [5, 5.41) is 7.74. The number of aromatic amines is 1. The molecule has 2 saturated heterocycles. The van der Waals surface area contributed by atoms with Gasteiger partial charge in [-0.15, -0.1) is 0 Å². The zero-order valence-electron chi connectivity index (χ0n) is 30.7. The van der Waals surface area contributed by atoms with E-state index >= 15 is 0 Å². The summed E-state index contributed by atoms with van der Waals surface area (Å²) in [5.41, 5.74) is 3.94. The lowest BCUT2D eigenvalue weighted by molar-refractivity contribution is -0.135. The van der Waals surface area contributed by atoms with Crippen molar-refractivity contribution in [3.63, 3.8) is 0 Å². The molecular weight excluding hydrogens is 666 g/mol. The maximum absolute atomic E-state index is 13.5. The van der Waals surface area contributed by atoms with E-state index < -0.39 is 41.8 Å². The first-order chi connectivity index (χ1) is 24.7. The van der Waals surface area contributed by atoms with Crippen molar-refractivity contribution in [1.29, 1.82) is 0 Å². The Hall–Kier alpha value is -5.40. The van der Waals surface area contributed by atoms with E-state index in [1.54, 1.807) is 31.9 Å². The molecule has 0 aliphatic carbocycles. The number of rotatable bonds is 9. The molecule has 5 rings (SSSR count). The number of methoxy groups -OCH3 is 1. The van der Waals surface area contributed by atoms with Gasteiger partial charge in [0.15, 0.2) is 0 Å². The molecule has 0 radical (unpaired) electrons. The Bertz CT molecular complexity index is 1750. The molecule has 14 heteroatoms. The molecule has 4 N–H and O–H groups in total. The van der Waals surface area contributed by atoms with Crippen molar-refractivity contribution < 1.29 is 33.4 Å². The zero-order chi connectivity index (χ0) is 37.6. The van der Waals surface area contributed by atoms with Crippen molar-refractivity contribution >= 4 is 30.0 Å². The first-order valence-electron chi connectivity index (χ1n) is 17.7. The van der Waals surface area contributed by atoms with Crippen LogP contribution in [0.3, 0.4) is 0 Å². The van der Waals surface area contributed by atoms with Crippen LogP contribution in [0, 0.1) is 5.92 Å². The molecule has 14 nitrogen and oxygen atoms in total. The summed E-state index contributed by atoms with van der Waals surface area (Å²) >= 11 is 0. The van der Waals surface area contributed by atoms with Crippen molar-refractivity contribution in [2.45, 2.75) is 90.6 Å². The highest BCUT2D eigenvalue weighted by Crippen LogP contribution is 2.33. The van der Waals surface area contributed by atoms with Crippen molar-refractivity contribution in [3.05, 3.63) is 66.1 Å². The van der Waals surface area contributed by atoms with Crippen LogP contribution >= 0.6 is 0 Å². The second-order valence-corrected chi connectivity index (χ2v) is 14.5. The maximum Gasteiger partial charge on any atom is 0.410 e. The van der Waals surface area contributed by atoms with E-state index in [9.17, 15) is 24.0 Å². The third-order valence-corrected chi connectivity index (χ3v) is 9.19. The minimum atomic E-state index is -0.754. The van der Waals surface area contributed by atoms with E-state index in [1.165, 1.54) is 12.0 Å². The number of carbonyl (C=O) groups excluding carboxylic acids is 5. The van der Waals surface area contributed by atoms with Gasteiger partial charge in [-0.2, -0.15) is 0 Å². The number of H-pyrrole nitrogens is 1. The van der Waals surface area contributed by atoms with Gasteiger partial charge in [-0.1, -0.05) is 62.4 Å². The topological polar surface area (TPSA) is 175 Å². The number of imide groups is 1. The van der Waals surface area contributed by atoms with Gasteiger partial charge >= 0.3 is 18.2 Å². The SMILES string of the molecule is COC(=O)N[C@H](C(=O)N1CCCC1c1ncc(-c2ccc(-c3ccc(CNC(=O)NC(=O)C4CCCN4C(=O)OC(C)(C)C)cc3)cc2)[nH]1)C(C)C. The molecule has 0 bridgehead atoms. The molecule has 2 aliphatic rings. The van der Waals surface area contributed by atoms with E-state index in [4.69, 9.17) is 9.47 Å². The molecule has 2 aliphatic heterocycles. The lowest BCUT2D eigenvalue weighted by atomic mass is 10.0. The standard InChI is InChI=1S/C38H49N7O7/c1-23(2)31(42-36(49)51-6)34(47)44-19-7-9-29(44)32-39-22-28(41-32)27-17-15-26(16-18-27)25-13-11-24(12-14-25)21-40-35(48)43-33(46)30-10-8-20-45(30)37(50)52-38(3,4)5/h11-18,22-23,29-31H,7-10,19-21H2,1-6H3,(H,39,41)(H,42,49)(H2,40,43,46,48)/t29?,30?,31-/m0/s1. The fourth-order valence-corrected chi connectivity index (χ4v) is 6.50. The first-order valence-corrected chi connectivity index (χ1v) is 17.7. The van der Waals surface area contributed by atoms with Gasteiger partial charge in [0.1, 0.15) is 23.5 Å². The maximum atomic E-state index is 13.5. The molecule has 2 unspecified atom stereocenters. The number of ether oxygens (including phenoxy) is 2. The van der Waals surface area contributed by atoms with E-state index in [0.717, 1.165) is 40.8 Å². The Balaban J connectivity index is 1.14. The Morgan fingerprint density at radius 3 is 2.15 bits per heavy atom. The normalized spacial score (nSPS) is 17.8. The highest BCUT2D eigenvalue weighted by Gasteiger charge is 2.38. The van der Waals surface area contributed by atoms with Crippen molar-refractivity contribution in [2.75, 3.05) is 20.2 Å². The lowest BCUT2D eigenvalue weighted by Crippen LogP contribution is -2.51. The Morgan fingerprint density at radius 1 is 0.904 bits per heavy atom. The van der Waals surface area contributed by atoms with Gasteiger partial charge in [-0.3, -0.25) is 19.8 Å². The summed E-state index contributed by atoms with van der Waals surface area (Å²) in [6.07, 6.45) is 3.29. The van der Waals surface area contributed by atoms with Crippen LogP contribution in [-0.2, 0) is 25.6 Å². The molecule has 2 aromatic carbocycles. The number of likely N-dealkylation sites (tertiary alicyclic amines) is 2. The average molecular weight is 716 g/mol. The van der Waals surface area contributed by atoms with Crippen molar-refractivity contribution in [1.82, 2.24) is 35.7 Å². The van der Waals surface area contributed by atoms with Gasteiger partial charge in [0.05, 0.1) is 25.0 Å². The molecule has 52 heavy (non-hydrogen) atoms. The van der Waals surface area contributed by atoms with Gasteiger partial charge in [0.25, 0.3) is 5.91 Å². The van der Waals surface area contributed by atoms with Crippen LogP contribution in [0.5, 0.6) is 0 Å². The summed E-state index contributed by atoms with van der Waals surface area (Å²) in [5.74, 6) is -0.101. The smallest absolute Gasteiger partial charge is 0.410 e. The summed E-state index contributed by atoms with van der Waals surface area (Å²) < 4.78 is 10.1. The number of imidazole rings is 1. The van der Waals surface area contributed by atoms with Crippen LogP contribution in [0.25, 0.3) is 22.4 Å². The number of alkyl carbamates (subject to hydrolysis) is 1.